The summed E-state index contributed by atoms with van der Waals surface area (Å²) in [6, 6.07) is 18.4. The van der Waals surface area contributed by atoms with Crippen molar-refractivity contribution in [2.45, 2.75) is 19.6 Å². The normalized spacial score (nSPS) is 10.6. The van der Waals surface area contributed by atoms with Crippen molar-refractivity contribution in [1.82, 2.24) is 10.2 Å². The number of aromatic nitrogens is 2. The Hall–Kier alpha value is -1.92. The summed E-state index contributed by atoms with van der Waals surface area (Å²) in [6.07, 6.45) is 0. The zero-order chi connectivity index (χ0) is 15.4. The molecule has 0 saturated carbocycles. The van der Waals surface area contributed by atoms with E-state index >= 15 is 0 Å². The van der Waals surface area contributed by atoms with Gasteiger partial charge in [0, 0.05) is 9.79 Å². The number of hydrogen-bond acceptors (Lipinski definition) is 4. The van der Waals surface area contributed by atoms with Gasteiger partial charge in [-0.15, -0.1) is 10.2 Å². The highest BCUT2D eigenvalue weighted by Gasteiger charge is 2.19. The summed E-state index contributed by atoms with van der Waals surface area (Å²) in [4.78, 5) is 1.91. The van der Waals surface area contributed by atoms with E-state index in [0.29, 0.717) is 0 Å². The second kappa shape index (κ2) is 6.89. The second-order valence-electron chi connectivity index (χ2n) is 4.27. The summed E-state index contributed by atoms with van der Waals surface area (Å²) < 4.78 is 28.1. The van der Waals surface area contributed by atoms with Crippen LogP contribution in [0.3, 0.4) is 0 Å². The Kier molecular flexibility index (Phi) is 4.70. The van der Waals surface area contributed by atoms with Crippen LogP contribution in [-0.4, -0.2) is 10.2 Å². The molecule has 0 N–H and O–H groups in total. The summed E-state index contributed by atoms with van der Waals surface area (Å²) in [6.45, 7) is 0. The summed E-state index contributed by atoms with van der Waals surface area (Å²) in [5.41, 5.74) is 0. The van der Waals surface area contributed by atoms with E-state index in [-0.39, 0.29) is 9.79 Å². The van der Waals surface area contributed by atoms with E-state index in [2.05, 4.69) is 10.2 Å². The van der Waals surface area contributed by atoms with Crippen LogP contribution >= 0.6 is 23.5 Å². The fraction of sp³-hybridized carbons (Fsp3) is 0. The molecule has 110 valence electrons. The molecule has 0 aliphatic heterocycles. The monoisotopic (exact) mass is 332 g/mol. The Morgan fingerprint density at radius 3 is 1.32 bits per heavy atom. The van der Waals surface area contributed by atoms with Gasteiger partial charge < -0.3 is 0 Å². The molecular formula is C16H10F2N2S2. The summed E-state index contributed by atoms with van der Waals surface area (Å²) >= 11 is 2.27. The fourth-order valence-electron chi connectivity index (χ4n) is 1.76. The molecule has 0 bridgehead atoms. The SMILES string of the molecule is Fc1nnc(F)c(Sc2ccccc2)c1Sc1ccccc1. The van der Waals surface area contributed by atoms with Gasteiger partial charge in [-0.25, -0.2) is 0 Å². The van der Waals surface area contributed by atoms with Crippen LogP contribution in [0.4, 0.5) is 8.78 Å². The average Bonchev–Trinajstić information content (AvgIpc) is 2.56. The standard InChI is InChI=1S/C16H10F2N2S2/c17-15-13(21-11-7-3-1-4-8-11)14(16(18)20-19-15)22-12-9-5-2-6-10-12/h1-10H. The molecule has 0 fully saturated rings. The predicted molar refractivity (Wildman–Crippen MR) is 83.1 cm³/mol. The number of hydrogen-bond donors (Lipinski definition) is 0. The first-order chi connectivity index (χ1) is 10.7. The van der Waals surface area contributed by atoms with Crippen LogP contribution in [0.1, 0.15) is 0 Å². The van der Waals surface area contributed by atoms with Crippen molar-refractivity contribution in [3.8, 4) is 0 Å². The molecule has 2 aromatic carbocycles. The highest BCUT2D eigenvalue weighted by atomic mass is 32.2. The Morgan fingerprint density at radius 1 is 0.591 bits per heavy atom. The van der Waals surface area contributed by atoms with Crippen LogP contribution in [0.5, 0.6) is 0 Å². The molecule has 0 spiro atoms. The number of benzene rings is 2. The molecule has 2 nitrogen and oxygen atoms in total. The van der Waals surface area contributed by atoms with Crippen LogP contribution < -0.4 is 0 Å². The Bertz CT molecular complexity index is 701. The first-order valence-corrected chi connectivity index (χ1v) is 8.05. The van der Waals surface area contributed by atoms with Gasteiger partial charge in [-0.05, 0) is 24.3 Å². The van der Waals surface area contributed by atoms with Gasteiger partial charge in [0.15, 0.2) is 0 Å². The molecule has 0 atom stereocenters. The van der Waals surface area contributed by atoms with Gasteiger partial charge in [-0.1, -0.05) is 59.9 Å². The maximum atomic E-state index is 14.0. The second-order valence-corrected chi connectivity index (χ2v) is 6.44. The molecule has 0 saturated heterocycles. The molecule has 22 heavy (non-hydrogen) atoms. The molecule has 6 heteroatoms. The van der Waals surface area contributed by atoms with E-state index in [1.165, 1.54) is 0 Å². The van der Waals surface area contributed by atoms with Crippen LogP contribution in [-0.2, 0) is 0 Å². The van der Waals surface area contributed by atoms with E-state index in [1.54, 1.807) is 0 Å². The molecule has 1 heterocycles. The van der Waals surface area contributed by atoms with Crippen molar-refractivity contribution in [3.63, 3.8) is 0 Å². The maximum Gasteiger partial charge on any atom is 0.248 e. The van der Waals surface area contributed by atoms with E-state index in [9.17, 15) is 8.78 Å². The van der Waals surface area contributed by atoms with Crippen molar-refractivity contribution in [3.05, 3.63) is 72.6 Å². The van der Waals surface area contributed by atoms with Crippen molar-refractivity contribution in [1.29, 1.82) is 0 Å². The molecule has 1 aromatic heterocycles. The van der Waals surface area contributed by atoms with Gasteiger partial charge >= 0.3 is 0 Å². The van der Waals surface area contributed by atoms with Crippen LogP contribution in [0.2, 0.25) is 0 Å². The minimum absolute atomic E-state index is 0.146. The number of rotatable bonds is 4. The largest absolute Gasteiger partial charge is 0.248 e. The van der Waals surface area contributed by atoms with Crippen molar-refractivity contribution < 1.29 is 8.78 Å². The molecule has 0 radical (unpaired) electrons. The number of nitrogens with zero attached hydrogens (tertiary/aromatic N) is 2. The summed E-state index contributed by atoms with van der Waals surface area (Å²) in [5, 5.41) is 6.50. The lowest BCUT2D eigenvalue weighted by atomic mass is 10.4. The molecule has 0 aliphatic rings. The molecular weight excluding hydrogens is 322 g/mol. The van der Waals surface area contributed by atoms with Gasteiger partial charge in [0.1, 0.15) is 0 Å². The van der Waals surface area contributed by atoms with Gasteiger partial charge in [0.25, 0.3) is 0 Å². The van der Waals surface area contributed by atoms with E-state index < -0.39 is 11.9 Å². The van der Waals surface area contributed by atoms with E-state index in [1.807, 2.05) is 60.7 Å². The molecule has 0 unspecified atom stereocenters. The van der Waals surface area contributed by atoms with Crippen LogP contribution in [0.25, 0.3) is 0 Å². The third-order valence-electron chi connectivity index (χ3n) is 2.73. The molecule has 0 amide bonds. The topological polar surface area (TPSA) is 25.8 Å². The molecule has 0 aliphatic carbocycles. The summed E-state index contributed by atoms with van der Waals surface area (Å²) in [5.74, 6) is -1.54. The first-order valence-electron chi connectivity index (χ1n) is 6.41. The molecule has 3 aromatic rings. The van der Waals surface area contributed by atoms with Crippen LogP contribution in [0.15, 0.2) is 80.2 Å². The zero-order valence-corrected chi connectivity index (χ0v) is 12.9. The summed E-state index contributed by atoms with van der Waals surface area (Å²) in [7, 11) is 0. The van der Waals surface area contributed by atoms with Gasteiger partial charge in [0.05, 0.1) is 9.79 Å². The zero-order valence-electron chi connectivity index (χ0n) is 11.2. The van der Waals surface area contributed by atoms with Crippen molar-refractivity contribution in [2.75, 3.05) is 0 Å². The van der Waals surface area contributed by atoms with Crippen molar-refractivity contribution in [2.24, 2.45) is 0 Å². The quantitative estimate of drug-likeness (QED) is 0.667. The van der Waals surface area contributed by atoms with Gasteiger partial charge in [-0.3, -0.25) is 0 Å². The number of halogens is 2. The third-order valence-corrected chi connectivity index (χ3v) is 5.03. The van der Waals surface area contributed by atoms with Gasteiger partial charge in [-0.2, -0.15) is 8.78 Å². The third kappa shape index (κ3) is 3.45. The first kappa shape index (κ1) is 15.0. The lowest BCUT2D eigenvalue weighted by Gasteiger charge is -2.09. The molecule has 3 rings (SSSR count). The lowest BCUT2D eigenvalue weighted by Crippen LogP contribution is -1.99. The maximum absolute atomic E-state index is 14.0. The predicted octanol–water partition coefficient (Wildman–Crippen LogP) is 5.06. The highest BCUT2D eigenvalue weighted by Crippen LogP contribution is 2.40. The van der Waals surface area contributed by atoms with Crippen molar-refractivity contribution >= 4 is 23.5 Å². The Morgan fingerprint density at radius 2 is 0.955 bits per heavy atom. The highest BCUT2D eigenvalue weighted by molar-refractivity contribution is 8.02. The minimum atomic E-state index is -0.770. The minimum Gasteiger partial charge on any atom is -0.182 e. The Labute approximate surface area is 135 Å². The van der Waals surface area contributed by atoms with E-state index in [4.69, 9.17) is 0 Å². The smallest absolute Gasteiger partial charge is 0.182 e. The Balaban J connectivity index is 1.99. The van der Waals surface area contributed by atoms with Crippen LogP contribution in [0, 0.1) is 11.9 Å². The average molecular weight is 332 g/mol. The van der Waals surface area contributed by atoms with E-state index in [0.717, 1.165) is 33.3 Å². The van der Waals surface area contributed by atoms with Gasteiger partial charge in [0.2, 0.25) is 11.9 Å². The fourth-order valence-corrected chi connectivity index (χ4v) is 3.67. The lowest BCUT2D eigenvalue weighted by molar-refractivity contribution is 0.460.